The van der Waals surface area contributed by atoms with Crippen molar-refractivity contribution in [3.63, 3.8) is 0 Å². The van der Waals surface area contributed by atoms with Crippen molar-refractivity contribution in [1.82, 2.24) is 9.97 Å². The summed E-state index contributed by atoms with van der Waals surface area (Å²) in [5, 5.41) is 15.9. The molecule has 2 N–H and O–H groups in total. The summed E-state index contributed by atoms with van der Waals surface area (Å²) in [7, 11) is 4.70. The number of fused-ring (bicyclic) bond motifs is 1. The fourth-order valence-corrected chi connectivity index (χ4v) is 3.78. The molecule has 0 fully saturated rings. The molecule has 7 nitrogen and oxygen atoms in total. The molecule has 2 aromatic heterocycles. The molecule has 27 heavy (non-hydrogen) atoms. The van der Waals surface area contributed by atoms with E-state index in [0.29, 0.717) is 35.1 Å². The van der Waals surface area contributed by atoms with Gasteiger partial charge in [0.25, 0.3) is 0 Å². The Morgan fingerprint density at radius 2 is 1.96 bits per heavy atom. The van der Waals surface area contributed by atoms with Gasteiger partial charge in [0.15, 0.2) is 11.5 Å². The van der Waals surface area contributed by atoms with E-state index in [-0.39, 0.29) is 12.5 Å². The van der Waals surface area contributed by atoms with E-state index in [4.69, 9.17) is 14.2 Å². The highest BCUT2D eigenvalue weighted by Crippen LogP contribution is 2.43. The van der Waals surface area contributed by atoms with Crippen LogP contribution in [0, 0.1) is 5.92 Å². The van der Waals surface area contributed by atoms with Crippen molar-refractivity contribution in [3.8, 4) is 17.2 Å². The first-order valence-corrected chi connectivity index (χ1v) is 9.40. The largest absolute Gasteiger partial charge is 0.493 e. The van der Waals surface area contributed by atoms with Gasteiger partial charge in [0.2, 0.25) is 5.75 Å². The Balaban J connectivity index is 1.90. The maximum atomic E-state index is 9.72. The van der Waals surface area contributed by atoms with E-state index in [0.717, 1.165) is 11.8 Å². The summed E-state index contributed by atoms with van der Waals surface area (Å²) in [4.78, 5) is 9.96. The number of rotatable bonds is 9. The van der Waals surface area contributed by atoms with Gasteiger partial charge in [-0.2, -0.15) is 0 Å². The van der Waals surface area contributed by atoms with E-state index in [2.05, 4.69) is 21.4 Å². The van der Waals surface area contributed by atoms with Gasteiger partial charge < -0.3 is 24.6 Å². The number of methoxy groups -OCH3 is 3. The van der Waals surface area contributed by atoms with Crippen LogP contribution in [0.2, 0.25) is 0 Å². The molecule has 1 atom stereocenters. The molecule has 144 valence electrons. The van der Waals surface area contributed by atoms with Gasteiger partial charge in [-0.15, -0.1) is 11.3 Å². The third kappa shape index (κ3) is 4.06. The van der Waals surface area contributed by atoms with E-state index >= 15 is 0 Å². The minimum absolute atomic E-state index is 0.0794. The number of nitrogens with one attached hydrogen (secondary N) is 1. The SMILES string of the molecule is COc1cc2c(NCC(CO)Cc3cccs3)ncnc2c(OC)c1OC. The molecule has 2 heterocycles. The van der Waals surface area contributed by atoms with E-state index in [1.54, 1.807) is 32.7 Å². The lowest BCUT2D eigenvalue weighted by Crippen LogP contribution is -2.20. The molecule has 0 saturated carbocycles. The number of aliphatic hydroxyl groups is 1. The van der Waals surface area contributed by atoms with Crippen LogP contribution >= 0.6 is 11.3 Å². The van der Waals surface area contributed by atoms with Crippen molar-refractivity contribution in [2.24, 2.45) is 5.92 Å². The number of hydrogen-bond acceptors (Lipinski definition) is 8. The maximum Gasteiger partial charge on any atom is 0.205 e. The summed E-state index contributed by atoms with van der Waals surface area (Å²) in [6.45, 7) is 0.672. The van der Waals surface area contributed by atoms with Crippen LogP contribution in [0.15, 0.2) is 29.9 Å². The minimum atomic E-state index is 0.0794. The quantitative estimate of drug-likeness (QED) is 0.582. The zero-order valence-corrected chi connectivity index (χ0v) is 16.4. The molecule has 8 heteroatoms. The smallest absolute Gasteiger partial charge is 0.205 e. The lowest BCUT2D eigenvalue weighted by molar-refractivity contribution is 0.233. The van der Waals surface area contributed by atoms with Gasteiger partial charge in [-0.1, -0.05) is 6.07 Å². The van der Waals surface area contributed by atoms with Crippen LogP contribution in [0.5, 0.6) is 17.2 Å². The van der Waals surface area contributed by atoms with Crippen LogP contribution in [-0.4, -0.2) is 49.6 Å². The van der Waals surface area contributed by atoms with E-state index in [1.165, 1.54) is 11.2 Å². The van der Waals surface area contributed by atoms with Crippen LogP contribution in [0.25, 0.3) is 10.9 Å². The Morgan fingerprint density at radius 1 is 1.15 bits per heavy atom. The summed E-state index contributed by atoms with van der Waals surface area (Å²) >= 11 is 1.69. The molecule has 0 radical (unpaired) electrons. The average molecular weight is 389 g/mol. The molecule has 3 aromatic rings. The summed E-state index contributed by atoms with van der Waals surface area (Å²) in [5.41, 5.74) is 0.631. The van der Waals surface area contributed by atoms with Gasteiger partial charge in [0.05, 0.1) is 26.7 Å². The standard InChI is InChI=1S/C19H23N3O4S/c1-24-15-8-14-16(18(26-3)17(15)25-2)21-11-22-19(14)20-9-12(10-23)7-13-5-4-6-27-13/h4-6,8,11-12,23H,7,9-10H2,1-3H3,(H,20,21,22). The molecule has 0 amide bonds. The summed E-state index contributed by atoms with van der Waals surface area (Å²) < 4.78 is 16.4. The third-order valence-corrected chi connectivity index (χ3v) is 5.22. The van der Waals surface area contributed by atoms with Gasteiger partial charge >= 0.3 is 0 Å². The van der Waals surface area contributed by atoms with E-state index in [1.807, 2.05) is 17.5 Å². The van der Waals surface area contributed by atoms with Crippen LogP contribution in [0.4, 0.5) is 5.82 Å². The molecule has 0 saturated heterocycles. The molecular weight excluding hydrogens is 366 g/mol. The van der Waals surface area contributed by atoms with Crippen molar-refractivity contribution >= 4 is 28.1 Å². The predicted octanol–water partition coefficient (Wildman–Crippen LogP) is 2.98. The van der Waals surface area contributed by atoms with Crippen molar-refractivity contribution in [2.45, 2.75) is 6.42 Å². The molecule has 1 aromatic carbocycles. The topological polar surface area (TPSA) is 85.7 Å². The molecule has 0 aliphatic carbocycles. The fraction of sp³-hybridized carbons (Fsp3) is 0.368. The number of anilines is 1. The zero-order chi connectivity index (χ0) is 19.2. The second-order valence-corrected chi connectivity index (χ2v) is 7.01. The number of ether oxygens (including phenoxy) is 3. The number of benzene rings is 1. The highest BCUT2D eigenvalue weighted by molar-refractivity contribution is 7.09. The van der Waals surface area contributed by atoms with Gasteiger partial charge in [0.1, 0.15) is 17.7 Å². The molecule has 0 bridgehead atoms. The van der Waals surface area contributed by atoms with E-state index in [9.17, 15) is 5.11 Å². The van der Waals surface area contributed by atoms with Crippen LogP contribution in [0.3, 0.4) is 0 Å². The Hall–Kier alpha value is -2.58. The van der Waals surface area contributed by atoms with Gasteiger partial charge in [-0.3, -0.25) is 0 Å². The number of thiophene rings is 1. The van der Waals surface area contributed by atoms with Gasteiger partial charge in [-0.05, 0) is 23.9 Å². The van der Waals surface area contributed by atoms with Crippen molar-refractivity contribution in [2.75, 3.05) is 39.8 Å². The highest BCUT2D eigenvalue weighted by Gasteiger charge is 2.20. The van der Waals surface area contributed by atoms with Gasteiger partial charge in [0, 0.05) is 23.9 Å². The zero-order valence-electron chi connectivity index (χ0n) is 15.6. The van der Waals surface area contributed by atoms with Crippen LogP contribution in [-0.2, 0) is 6.42 Å². The average Bonchev–Trinajstić information content (AvgIpc) is 3.22. The number of hydrogen-bond donors (Lipinski definition) is 2. The Bertz CT molecular complexity index is 886. The minimum Gasteiger partial charge on any atom is -0.493 e. The molecule has 1 unspecified atom stereocenters. The van der Waals surface area contributed by atoms with Crippen LogP contribution in [0.1, 0.15) is 4.88 Å². The molecule has 3 rings (SSSR count). The first-order valence-electron chi connectivity index (χ1n) is 8.52. The fourth-order valence-electron chi connectivity index (χ4n) is 2.96. The van der Waals surface area contributed by atoms with Crippen molar-refractivity contribution < 1.29 is 19.3 Å². The molecule has 0 aliphatic rings. The number of aliphatic hydroxyl groups excluding tert-OH is 1. The Labute approximate surface area is 161 Å². The Morgan fingerprint density at radius 3 is 2.59 bits per heavy atom. The van der Waals surface area contributed by atoms with Crippen LogP contribution < -0.4 is 19.5 Å². The monoisotopic (exact) mass is 389 g/mol. The summed E-state index contributed by atoms with van der Waals surface area (Å²) in [6.07, 6.45) is 2.29. The molecule has 0 aliphatic heterocycles. The molecule has 0 spiro atoms. The lowest BCUT2D eigenvalue weighted by atomic mass is 10.1. The normalized spacial score (nSPS) is 12.0. The second kappa shape index (κ2) is 8.88. The number of aromatic nitrogens is 2. The first kappa shape index (κ1) is 19.2. The summed E-state index contributed by atoms with van der Waals surface area (Å²) in [5.74, 6) is 2.26. The summed E-state index contributed by atoms with van der Waals surface area (Å²) in [6, 6.07) is 5.92. The van der Waals surface area contributed by atoms with Crippen molar-refractivity contribution in [3.05, 3.63) is 34.8 Å². The second-order valence-electron chi connectivity index (χ2n) is 5.98. The third-order valence-electron chi connectivity index (χ3n) is 4.32. The lowest BCUT2D eigenvalue weighted by Gasteiger charge is -2.18. The highest BCUT2D eigenvalue weighted by atomic mass is 32.1. The van der Waals surface area contributed by atoms with Gasteiger partial charge in [-0.25, -0.2) is 9.97 Å². The first-order chi connectivity index (χ1) is 13.2. The molecular formula is C19H23N3O4S. The Kier molecular flexibility index (Phi) is 6.31. The number of nitrogens with zero attached hydrogens (tertiary/aromatic N) is 2. The maximum absolute atomic E-state index is 9.72. The van der Waals surface area contributed by atoms with E-state index < -0.39 is 0 Å². The van der Waals surface area contributed by atoms with Crippen molar-refractivity contribution in [1.29, 1.82) is 0 Å². The predicted molar refractivity (Wildman–Crippen MR) is 106 cm³/mol.